The minimum Gasteiger partial charge on any atom is -0.308 e. The summed E-state index contributed by atoms with van der Waals surface area (Å²) in [6.07, 6.45) is 3.21. The Morgan fingerprint density at radius 2 is 1.54 bits per heavy atom. The van der Waals surface area contributed by atoms with E-state index in [0.29, 0.717) is 28.1 Å². The van der Waals surface area contributed by atoms with Crippen LogP contribution in [0, 0.1) is 5.82 Å². The second-order valence-electron chi connectivity index (χ2n) is 6.07. The van der Waals surface area contributed by atoms with Crippen molar-refractivity contribution in [1.29, 1.82) is 0 Å². The van der Waals surface area contributed by atoms with Gasteiger partial charge in [-0.15, -0.1) is 0 Å². The highest BCUT2D eigenvalue weighted by atomic mass is 19.1. The van der Waals surface area contributed by atoms with Crippen molar-refractivity contribution < 1.29 is 9.18 Å². The fraction of sp³-hybridized carbons (Fsp3) is 0. The van der Waals surface area contributed by atoms with E-state index in [4.69, 9.17) is 0 Å². The smallest absolute Gasteiger partial charge is 0.308 e. The van der Waals surface area contributed by atoms with Crippen molar-refractivity contribution in [3.63, 3.8) is 0 Å². The van der Waals surface area contributed by atoms with Gasteiger partial charge in [0.1, 0.15) is 11.5 Å². The van der Waals surface area contributed by atoms with Crippen LogP contribution in [-0.4, -0.2) is 15.4 Å². The summed E-state index contributed by atoms with van der Waals surface area (Å²) < 4.78 is 14.4. The Kier molecular flexibility index (Phi) is 4.55. The molecular formula is C21H15FN4O2. The van der Waals surface area contributed by atoms with E-state index in [1.54, 1.807) is 48.8 Å². The van der Waals surface area contributed by atoms with E-state index in [2.05, 4.69) is 15.6 Å². The minimum atomic E-state index is -0.452. The lowest BCUT2D eigenvalue weighted by Crippen LogP contribution is -2.19. The molecule has 0 atom stereocenters. The van der Waals surface area contributed by atoms with Crippen LogP contribution < -0.4 is 16.2 Å². The number of hydrogen-bond acceptors (Lipinski definition) is 3. The average Bonchev–Trinajstić information content (AvgIpc) is 2.71. The first-order chi connectivity index (χ1) is 13.6. The molecule has 7 heteroatoms. The summed E-state index contributed by atoms with van der Waals surface area (Å²) in [5.74, 6) is -0.374. The number of pyridine rings is 1. The molecule has 0 saturated carbocycles. The van der Waals surface area contributed by atoms with Crippen LogP contribution in [0.25, 0.3) is 16.8 Å². The van der Waals surface area contributed by atoms with Crippen molar-refractivity contribution in [2.45, 2.75) is 0 Å². The molecule has 0 aliphatic carbocycles. The van der Waals surface area contributed by atoms with E-state index in [9.17, 15) is 14.0 Å². The molecule has 0 radical (unpaired) electrons. The number of nitrogens with zero attached hydrogens (tertiary/aromatic N) is 2. The number of nitrogens with one attached hydrogen (secondary N) is 2. The number of amides is 2. The standard InChI is InChI=1S/C21H15FN4O2/c22-15-6-10-17(11-7-15)25-21(28)24-16-8-4-14(5-9-16)18-13-23-19-3-1-2-12-26(19)20(18)27/h1-13H,(H2,24,25,28). The summed E-state index contributed by atoms with van der Waals surface area (Å²) in [5, 5.41) is 5.30. The maximum Gasteiger partial charge on any atom is 0.323 e. The molecule has 4 aromatic rings. The molecule has 138 valence electrons. The summed E-state index contributed by atoms with van der Waals surface area (Å²) in [7, 11) is 0. The van der Waals surface area contributed by atoms with E-state index < -0.39 is 6.03 Å². The Morgan fingerprint density at radius 1 is 0.893 bits per heavy atom. The van der Waals surface area contributed by atoms with Crippen LogP contribution in [0.1, 0.15) is 0 Å². The lowest BCUT2D eigenvalue weighted by molar-refractivity contribution is 0.262. The number of carbonyl (C=O) groups is 1. The maximum absolute atomic E-state index is 12.9. The third kappa shape index (κ3) is 3.59. The number of anilines is 2. The van der Waals surface area contributed by atoms with Crippen LogP contribution in [-0.2, 0) is 0 Å². The Labute approximate surface area is 159 Å². The molecule has 2 aromatic carbocycles. The van der Waals surface area contributed by atoms with E-state index in [0.717, 1.165) is 0 Å². The fourth-order valence-electron chi connectivity index (χ4n) is 2.78. The molecule has 28 heavy (non-hydrogen) atoms. The number of hydrogen-bond donors (Lipinski definition) is 2. The number of urea groups is 1. The molecule has 4 rings (SSSR count). The topological polar surface area (TPSA) is 75.5 Å². The van der Waals surface area contributed by atoms with Gasteiger partial charge in [0.05, 0.1) is 5.56 Å². The Hall–Kier alpha value is -4.00. The number of benzene rings is 2. The van der Waals surface area contributed by atoms with Crippen molar-refractivity contribution in [1.82, 2.24) is 9.38 Å². The van der Waals surface area contributed by atoms with Crippen LogP contribution in [0.2, 0.25) is 0 Å². The zero-order valence-corrected chi connectivity index (χ0v) is 14.6. The van der Waals surface area contributed by atoms with Crippen molar-refractivity contribution in [3.8, 4) is 11.1 Å². The third-order valence-electron chi connectivity index (χ3n) is 4.17. The van der Waals surface area contributed by atoms with Crippen molar-refractivity contribution in [2.75, 3.05) is 10.6 Å². The van der Waals surface area contributed by atoms with Gasteiger partial charge in [0, 0.05) is 23.8 Å². The van der Waals surface area contributed by atoms with Gasteiger partial charge in [-0.2, -0.15) is 0 Å². The highest BCUT2D eigenvalue weighted by molar-refractivity contribution is 5.99. The maximum atomic E-state index is 12.9. The van der Waals surface area contributed by atoms with Crippen LogP contribution >= 0.6 is 0 Å². The SMILES string of the molecule is O=C(Nc1ccc(F)cc1)Nc1ccc(-c2cnc3ccccn3c2=O)cc1. The van der Waals surface area contributed by atoms with E-state index >= 15 is 0 Å². The van der Waals surface area contributed by atoms with E-state index in [1.165, 1.54) is 28.7 Å². The van der Waals surface area contributed by atoms with Gasteiger partial charge in [-0.3, -0.25) is 9.20 Å². The molecule has 0 fully saturated rings. The second kappa shape index (κ2) is 7.32. The van der Waals surface area contributed by atoms with Gasteiger partial charge in [-0.1, -0.05) is 18.2 Å². The number of fused-ring (bicyclic) bond motifs is 1. The van der Waals surface area contributed by atoms with E-state index in [-0.39, 0.29) is 11.4 Å². The van der Waals surface area contributed by atoms with Crippen LogP contribution in [0.3, 0.4) is 0 Å². The molecule has 6 nitrogen and oxygen atoms in total. The monoisotopic (exact) mass is 374 g/mol. The Balaban J connectivity index is 1.51. The molecular weight excluding hydrogens is 359 g/mol. The summed E-state index contributed by atoms with van der Waals surface area (Å²) in [4.78, 5) is 29.0. The van der Waals surface area contributed by atoms with Gasteiger partial charge < -0.3 is 10.6 Å². The largest absolute Gasteiger partial charge is 0.323 e. The van der Waals surface area contributed by atoms with Crippen LogP contribution in [0.5, 0.6) is 0 Å². The average molecular weight is 374 g/mol. The lowest BCUT2D eigenvalue weighted by atomic mass is 10.1. The van der Waals surface area contributed by atoms with Crippen molar-refractivity contribution in [2.24, 2.45) is 0 Å². The second-order valence-corrected chi connectivity index (χ2v) is 6.07. The molecule has 2 N–H and O–H groups in total. The molecule has 2 heterocycles. The number of rotatable bonds is 3. The first kappa shape index (κ1) is 17.4. The van der Waals surface area contributed by atoms with Gasteiger partial charge in [-0.25, -0.2) is 14.2 Å². The van der Waals surface area contributed by atoms with Gasteiger partial charge in [0.2, 0.25) is 0 Å². The van der Waals surface area contributed by atoms with Crippen LogP contribution in [0.4, 0.5) is 20.6 Å². The highest BCUT2D eigenvalue weighted by Crippen LogP contribution is 2.19. The summed E-state index contributed by atoms with van der Waals surface area (Å²) in [6, 6.07) is 17.2. The molecule has 0 aliphatic rings. The van der Waals surface area contributed by atoms with Gasteiger partial charge >= 0.3 is 6.03 Å². The van der Waals surface area contributed by atoms with Gasteiger partial charge in [0.15, 0.2) is 0 Å². The Bertz CT molecular complexity index is 1200. The molecule has 0 saturated heterocycles. The molecule has 0 bridgehead atoms. The molecule has 0 aliphatic heterocycles. The molecule has 0 unspecified atom stereocenters. The van der Waals surface area contributed by atoms with Crippen molar-refractivity contribution >= 4 is 23.1 Å². The first-order valence-electron chi connectivity index (χ1n) is 8.50. The molecule has 0 spiro atoms. The fourth-order valence-corrected chi connectivity index (χ4v) is 2.78. The highest BCUT2D eigenvalue weighted by Gasteiger charge is 2.08. The first-order valence-corrected chi connectivity index (χ1v) is 8.50. The van der Waals surface area contributed by atoms with Gasteiger partial charge in [-0.05, 0) is 54.1 Å². The quantitative estimate of drug-likeness (QED) is 0.566. The zero-order valence-electron chi connectivity index (χ0n) is 14.6. The van der Waals surface area contributed by atoms with E-state index in [1.807, 2.05) is 6.07 Å². The number of carbonyl (C=O) groups excluding carboxylic acids is 1. The summed E-state index contributed by atoms with van der Waals surface area (Å²) in [6.45, 7) is 0. The predicted molar refractivity (Wildman–Crippen MR) is 106 cm³/mol. The third-order valence-corrected chi connectivity index (χ3v) is 4.17. The minimum absolute atomic E-state index is 0.166. The predicted octanol–water partition coefficient (Wildman–Crippen LogP) is 4.14. The number of aromatic nitrogens is 2. The summed E-state index contributed by atoms with van der Waals surface area (Å²) in [5.41, 5.74) is 2.60. The lowest BCUT2D eigenvalue weighted by Gasteiger charge is -2.09. The van der Waals surface area contributed by atoms with Crippen molar-refractivity contribution in [3.05, 3.63) is 95.3 Å². The Morgan fingerprint density at radius 3 is 2.21 bits per heavy atom. The van der Waals surface area contributed by atoms with Crippen LogP contribution in [0.15, 0.2) is 83.9 Å². The normalized spacial score (nSPS) is 10.6. The summed E-state index contributed by atoms with van der Waals surface area (Å²) >= 11 is 0. The molecule has 2 amide bonds. The van der Waals surface area contributed by atoms with Gasteiger partial charge in [0.25, 0.3) is 5.56 Å². The zero-order chi connectivity index (χ0) is 19.5. The number of halogens is 1. The molecule has 2 aromatic heterocycles.